The molecular formula is C14H19FN2O2S. The molecule has 0 spiro atoms. The SMILES string of the molecule is Cc1ccc(F)c(S(=O)(=O)N2C3CCC2CC(N)C3)c1. The molecule has 2 atom stereocenters. The maximum absolute atomic E-state index is 13.9. The third kappa shape index (κ3) is 2.16. The summed E-state index contributed by atoms with van der Waals surface area (Å²) in [5.74, 6) is -0.676. The standard InChI is InChI=1S/C14H19FN2O2S/c1-9-2-5-13(15)14(6-9)20(18,19)17-11-3-4-12(17)8-10(16)7-11/h2,5-6,10-12H,3-4,7-8,16H2,1H3. The van der Waals surface area contributed by atoms with Crippen molar-refractivity contribution in [3.63, 3.8) is 0 Å². The first-order chi connectivity index (χ1) is 9.39. The van der Waals surface area contributed by atoms with Crippen molar-refractivity contribution in [3.05, 3.63) is 29.6 Å². The minimum atomic E-state index is -3.77. The van der Waals surface area contributed by atoms with E-state index in [-0.39, 0.29) is 23.0 Å². The normalized spacial score (nSPS) is 30.6. The molecule has 2 unspecified atom stereocenters. The molecule has 1 aromatic rings. The summed E-state index contributed by atoms with van der Waals surface area (Å²) in [5.41, 5.74) is 6.70. The van der Waals surface area contributed by atoms with Gasteiger partial charge in [-0.05, 0) is 50.3 Å². The number of hydrogen-bond acceptors (Lipinski definition) is 3. The summed E-state index contributed by atoms with van der Waals surface area (Å²) < 4.78 is 41.0. The zero-order valence-electron chi connectivity index (χ0n) is 11.4. The smallest absolute Gasteiger partial charge is 0.246 e. The number of halogens is 1. The first-order valence-corrected chi connectivity index (χ1v) is 8.39. The van der Waals surface area contributed by atoms with E-state index in [4.69, 9.17) is 5.73 Å². The molecule has 0 saturated carbocycles. The summed E-state index contributed by atoms with van der Waals surface area (Å²) in [6.45, 7) is 1.76. The lowest BCUT2D eigenvalue weighted by Crippen LogP contribution is -2.50. The second-order valence-corrected chi connectivity index (χ2v) is 7.70. The Kier molecular flexibility index (Phi) is 3.35. The molecule has 110 valence electrons. The molecule has 2 bridgehead atoms. The van der Waals surface area contributed by atoms with Crippen LogP contribution in [0, 0.1) is 12.7 Å². The van der Waals surface area contributed by atoms with E-state index >= 15 is 0 Å². The van der Waals surface area contributed by atoms with E-state index in [9.17, 15) is 12.8 Å². The molecule has 1 aromatic carbocycles. The Morgan fingerprint density at radius 1 is 1.25 bits per heavy atom. The average molecular weight is 298 g/mol. The number of piperidine rings is 1. The highest BCUT2D eigenvalue weighted by Gasteiger charge is 2.47. The number of hydrogen-bond donors (Lipinski definition) is 1. The van der Waals surface area contributed by atoms with E-state index in [1.807, 2.05) is 0 Å². The third-order valence-corrected chi connectivity index (χ3v) is 6.36. The number of sulfonamides is 1. The number of nitrogens with two attached hydrogens (primary N) is 1. The Morgan fingerprint density at radius 3 is 2.45 bits per heavy atom. The molecule has 0 radical (unpaired) electrons. The zero-order chi connectivity index (χ0) is 14.5. The van der Waals surface area contributed by atoms with Crippen molar-refractivity contribution >= 4 is 10.0 Å². The van der Waals surface area contributed by atoms with Crippen LogP contribution >= 0.6 is 0 Å². The van der Waals surface area contributed by atoms with Gasteiger partial charge in [0, 0.05) is 18.1 Å². The lowest BCUT2D eigenvalue weighted by molar-refractivity contribution is 0.226. The molecule has 2 fully saturated rings. The molecule has 2 N–H and O–H groups in total. The number of fused-ring (bicyclic) bond motifs is 2. The zero-order valence-corrected chi connectivity index (χ0v) is 12.2. The lowest BCUT2D eigenvalue weighted by atomic mass is 10.0. The average Bonchev–Trinajstić information content (AvgIpc) is 2.66. The van der Waals surface area contributed by atoms with E-state index in [2.05, 4.69) is 0 Å². The lowest BCUT2D eigenvalue weighted by Gasteiger charge is -2.36. The van der Waals surface area contributed by atoms with E-state index in [0.29, 0.717) is 12.8 Å². The van der Waals surface area contributed by atoms with Crippen LogP contribution in [0.4, 0.5) is 4.39 Å². The molecule has 2 aliphatic heterocycles. The second-order valence-electron chi connectivity index (χ2n) is 5.89. The van der Waals surface area contributed by atoms with Crippen molar-refractivity contribution in [2.75, 3.05) is 0 Å². The van der Waals surface area contributed by atoms with Crippen molar-refractivity contribution in [1.29, 1.82) is 0 Å². The fourth-order valence-corrected chi connectivity index (χ4v) is 5.53. The highest BCUT2D eigenvalue weighted by molar-refractivity contribution is 7.89. The van der Waals surface area contributed by atoms with Gasteiger partial charge in [-0.2, -0.15) is 4.31 Å². The van der Waals surface area contributed by atoms with Crippen LogP contribution in [0.15, 0.2) is 23.1 Å². The number of nitrogens with zero attached hydrogens (tertiary/aromatic N) is 1. The monoisotopic (exact) mass is 298 g/mol. The largest absolute Gasteiger partial charge is 0.328 e. The Morgan fingerprint density at radius 2 is 1.85 bits per heavy atom. The van der Waals surface area contributed by atoms with E-state index in [1.165, 1.54) is 16.4 Å². The molecule has 0 aliphatic carbocycles. The van der Waals surface area contributed by atoms with Crippen LogP contribution in [-0.4, -0.2) is 30.8 Å². The van der Waals surface area contributed by atoms with E-state index < -0.39 is 15.8 Å². The molecular weight excluding hydrogens is 279 g/mol. The summed E-state index contributed by atoms with van der Waals surface area (Å²) in [6.07, 6.45) is 2.99. The Bertz CT molecular complexity index is 618. The first-order valence-electron chi connectivity index (χ1n) is 6.95. The van der Waals surface area contributed by atoms with Crippen molar-refractivity contribution in [2.24, 2.45) is 5.73 Å². The van der Waals surface area contributed by atoms with Crippen LogP contribution in [-0.2, 0) is 10.0 Å². The molecule has 4 nitrogen and oxygen atoms in total. The van der Waals surface area contributed by atoms with Crippen LogP contribution in [0.1, 0.15) is 31.2 Å². The Hall–Kier alpha value is -0.980. The van der Waals surface area contributed by atoms with Gasteiger partial charge >= 0.3 is 0 Å². The number of aryl methyl sites for hydroxylation is 1. The Balaban J connectivity index is 2.03. The highest BCUT2D eigenvalue weighted by atomic mass is 32.2. The van der Waals surface area contributed by atoms with Gasteiger partial charge in [0.05, 0.1) is 0 Å². The van der Waals surface area contributed by atoms with Gasteiger partial charge in [-0.25, -0.2) is 12.8 Å². The molecule has 0 amide bonds. The van der Waals surface area contributed by atoms with Crippen LogP contribution < -0.4 is 5.73 Å². The molecule has 0 aromatic heterocycles. The van der Waals surface area contributed by atoms with Crippen molar-refractivity contribution in [1.82, 2.24) is 4.31 Å². The van der Waals surface area contributed by atoms with Crippen LogP contribution in [0.25, 0.3) is 0 Å². The molecule has 6 heteroatoms. The molecule has 2 aliphatic rings. The number of benzene rings is 1. The van der Waals surface area contributed by atoms with Crippen LogP contribution in [0.5, 0.6) is 0 Å². The minimum absolute atomic E-state index is 0.0568. The van der Waals surface area contributed by atoms with Gasteiger partial charge in [-0.15, -0.1) is 0 Å². The predicted molar refractivity (Wildman–Crippen MR) is 74.2 cm³/mol. The van der Waals surface area contributed by atoms with Gasteiger partial charge < -0.3 is 5.73 Å². The summed E-state index contributed by atoms with van der Waals surface area (Å²) in [5, 5.41) is 0. The maximum atomic E-state index is 13.9. The van der Waals surface area contributed by atoms with Gasteiger partial charge in [-0.3, -0.25) is 0 Å². The van der Waals surface area contributed by atoms with E-state index in [0.717, 1.165) is 18.4 Å². The first kappa shape index (κ1) is 14.0. The second kappa shape index (κ2) is 4.79. The summed E-state index contributed by atoms with van der Waals surface area (Å²) in [4.78, 5) is -0.204. The molecule has 20 heavy (non-hydrogen) atoms. The minimum Gasteiger partial charge on any atom is -0.328 e. The predicted octanol–water partition coefficient (Wildman–Crippen LogP) is 1.78. The van der Waals surface area contributed by atoms with Crippen LogP contribution in [0.2, 0.25) is 0 Å². The van der Waals surface area contributed by atoms with Crippen molar-refractivity contribution < 1.29 is 12.8 Å². The Labute approximate surface area is 118 Å². The summed E-state index contributed by atoms with van der Waals surface area (Å²) in [7, 11) is -3.77. The topological polar surface area (TPSA) is 63.4 Å². The molecule has 2 heterocycles. The van der Waals surface area contributed by atoms with Gasteiger partial charge in [-0.1, -0.05) is 6.07 Å². The quantitative estimate of drug-likeness (QED) is 0.905. The van der Waals surface area contributed by atoms with Crippen LogP contribution in [0.3, 0.4) is 0 Å². The van der Waals surface area contributed by atoms with Gasteiger partial charge in [0.15, 0.2) is 0 Å². The third-order valence-electron chi connectivity index (χ3n) is 4.34. The number of rotatable bonds is 2. The maximum Gasteiger partial charge on any atom is 0.246 e. The summed E-state index contributed by atoms with van der Waals surface area (Å²) in [6, 6.07) is 4.12. The van der Waals surface area contributed by atoms with Gasteiger partial charge in [0.2, 0.25) is 10.0 Å². The highest BCUT2D eigenvalue weighted by Crippen LogP contribution is 2.39. The fourth-order valence-electron chi connectivity index (χ4n) is 3.49. The fraction of sp³-hybridized carbons (Fsp3) is 0.571. The van der Waals surface area contributed by atoms with Crippen molar-refractivity contribution in [3.8, 4) is 0 Å². The van der Waals surface area contributed by atoms with Gasteiger partial charge in [0.1, 0.15) is 10.7 Å². The van der Waals surface area contributed by atoms with E-state index in [1.54, 1.807) is 13.0 Å². The molecule has 2 saturated heterocycles. The van der Waals surface area contributed by atoms with Crippen molar-refractivity contribution in [2.45, 2.75) is 55.6 Å². The van der Waals surface area contributed by atoms with Gasteiger partial charge in [0.25, 0.3) is 0 Å². The summed E-state index contributed by atoms with van der Waals surface area (Å²) >= 11 is 0. The molecule has 3 rings (SSSR count).